The fourth-order valence-electron chi connectivity index (χ4n) is 0.950. The van der Waals surface area contributed by atoms with E-state index in [2.05, 4.69) is 6.92 Å². The predicted octanol–water partition coefficient (Wildman–Crippen LogP) is 1.41. The van der Waals surface area contributed by atoms with Gasteiger partial charge in [0.1, 0.15) is 0 Å². The molecule has 0 radical (unpaired) electrons. The lowest BCUT2D eigenvalue weighted by atomic mass is 10.1. The Labute approximate surface area is 60.8 Å². The van der Waals surface area contributed by atoms with Gasteiger partial charge in [0.15, 0.2) is 0 Å². The van der Waals surface area contributed by atoms with Crippen molar-refractivity contribution < 1.29 is 0 Å². The van der Waals surface area contributed by atoms with Crippen LogP contribution in [-0.2, 0) is 6.42 Å². The molecule has 1 rings (SSSR count). The van der Waals surface area contributed by atoms with Crippen molar-refractivity contribution in [2.45, 2.75) is 13.3 Å². The van der Waals surface area contributed by atoms with Gasteiger partial charge in [0, 0.05) is 11.4 Å². The summed E-state index contributed by atoms with van der Waals surface area (Å²) in [6, 6.07) is 5.64. The molecule has 0 aliphatic heterocycles. The first-order valence-corrected chi connectivity index (χ1v) is 3.37. The summed E-state index contributed by atoms with van der Waals surface area (Å²) in [5.74, 6) is 0. The highest BCUT2D eigenvalue weighted by molar-refractivity contribution is 5.54. The highest BCUT2D eigenvalue weighted by Gasteiger charge is 1.92. The number of nitrogen functional groups attached to an aromatic ring is 2. The third-order valence-electron chi connectivity index (χ3n) is 1.45. The van der Waals surface area contributed by atoms with E-state index in [-0.39, 0.29) is 0 Å². The Morgan fingerprint density at radius 1 is 1.10 bits per heavy atom. The minimum absolute atomic E-state index is 0.747. The van der Waals surface area contributed by atoms with Crippen LogP contribution in [0.4, 0.5) is 11.4 Å². The highest BCUT2D eigenvalue weighted by atomic mass is 14.6. The quantitative estimate of drug-likeness (QED) is 0.573. The second-order valence-corrected chi connectivity index (χ2v) is 2.36. The number of rotatable bonds is 1. The smallest absolute Gasteiger partial charge is 0.0337 e. The van der Waals surface area contributed by atoms with Crippen LogP contribution in [0.1, 0.15) is 12.5 Å². The summed E-state index contributed by atoms with van der Waals surface area (Å²) in [6.45, 7) is 2.08. The van der Waals surface area contributed by atoms with Gasteiger partial charge in [-0.2, -0.15) is 0 Å². The second-order valence-electron chi connectivity index (χ2n) is 2.36. The SMILES string of the molecule is CCc1cc(N)cc(N)c1. The topological polar surface area (TPSA) is 52.0 Å². The minimum atomic E-state index is 0.747. The lowest BCUT2D eigenvalue weighted by Gasteiger charge is -2.00. The molecule has 0 aliphatic carbocycles. The van der Waals surface area contributed by atoms with Crippen molar-refractivity contribution in [3.05, 3.63) is 23.8 Å². The first kappa shape index (κ1) is 6.93. The Morgan fingerprint density at radius 2 is 1.60 bits per heavy atom. The van der Waals surface area contributed by atoms with Crippen LogP contribution >= 0.6 is 0 Å². The van der Waals surface area contributed by atoms with E-state index in [1.165, 1.54) is 5.56 Å². The molecule has 10 heavy (non-hydrogen) atoms. The standard InChI is InChI=1S/C8H12N2/c1-2-6-3-7(9)5-8(10)4-6/h3-5H,2,9-10H2,1H3. The molecular formula is C8H12N2. The van der Waals surface area contributed by atoms with Crippen LogP contribution in [0, 0.1) is 0 Å². The minimum Gasteiger partial charge on any atom is -0.399 e. The van der Waals surface area contributed by atoms with E-state index >= 15 is 0 Å². The number of hydrogen-bond acceptors (Lipinski definition) is 2. The Kier molecular flexibility index (Phi) is 1.81. The third kappa shape index (κ3) is 1.41. The Hall–Kier alpha value is -1.18. The van der Waals surface area contributed by atoms with Gasteiger partial charge in [-0.1, -0.05) is 6.92 Å². The van der Waals surface area contributed by atoms with E-state index in [0.717, 1.165) is 17.8 Å². The normalized spacial score (nSPS) is 9.70. The van der Waals surface area contributed by atoms with Crippen LogP contribution in [-0.4, -0.2) is 0 Å². The van der Waals surface area contributed by atoms with E-state index in [1.54, 1.807) is 6.07 Å². The molecule has 0 fully saturated rings. The van der Waals surface area contributed by atoms with Gasteiger partial charge in [0.05, 0.1) is 0 Å². The molecule has 4 N–H and O–H groups in total. The zero-order valence-corrected chi connectivity index (χ0v) is 6.09. The maximum Gasteiger partial charge on any atom is 0.0337 e. The average molecular weight is 136 g/mol. The molecule has 0 amide bonds. The van der Waals surface area contributed by atoms with Gasteiger partial charge >= 0.3 is 0 Å². The van der Waals surface area contributed by atoms with Gasteiger partial charge in [-0.25, -0.2) is 0 Å². The number of benzene rings is 1. The van der Waals surface area contributed by atoms with Gasteiger partial charge in [-0.05, 0) is 30.2 Å². The lowest BCUT2D eigenvalue weighted by Crippen LogP contribution is -1.92. The van der Waals surface area contributed by atoms with Crippen molar-refractivity contribution in [1.29, 1.82) is 0 Å². The van der Waals surface area contributed by atoms with Crippen molar-refractivity contribution in [3.63, 3.8) is 0 Å². The third-order valence-corrected chi connectivity index (χ3v) is 1.45. The summed E-state index contributed by atoms with van der Waals surface area (Å²) in [5, 5.41) is 0. The lowest BCUT2D eigenvalue weighted by molar-refractivity contribution is 1.14. The molecule has 1 aromatic rings. The predicted molar refractivity (Wildman–Crippen MR) is 44.6 cm³/mol. The maximum absolute atomic E-state index is 5.56. The van der Waals surface area contributed by atoms with Crippen molar-refractivity contribution in [1.82, 2.24) is 0 Å². The molecule has 0 saturated heterocycles. The van der Waals surface area contributed by atoms with Gasteiger partial charge in [-0.15, -0.1) is 0 Å². The molecule has 0 saturated carbocycles. The second kappa shape index (κ2) is 2.60. The van der Waals surface area contributed by atoms with Crippen LogP contribution in [0.2, 0.25) is 0 Å². The number of hydrogen-bond donors (Lipinski definition) is 2. The van der Waals surface area contributed by atoms with E-state index in [4.69, 9.17) is 11.5 Å². The highest BCUT2D eigenvalue weighted by Crippen LogP contribution is 2.13. The fraction of sp³-hybridized carbons (Fsp3) is 0.250. The van der Waals surface area contributed by atoms with Crippen molar-refractivity contribution in [3.8, 4) is 0 Å². The zero-order chi connectivity index (χ0) is 7.56. The van der Waals surface area contributed by atoms with E-state index < -0.39 is 0 Å². The van der Waals surface area contributed by atoms with Crippen molar-refractivity contribution in [2.24, 2.45) is 0 Å². The number of aryl methyl sites for hydroxylation is 1. The molecule has 0 unspecified atom stereocenters. The maximum atomic E-state index is 5.56. The van der Waals surface area contributed by atoms with Gasteiger partial charge in [0.2, 0.25) is 0 Å². The fourth-order valence-corrected chi connectivity index (χ4v) is 0.950. The number of anilines is 2. The molecule has 0 aliphatic rings. The van der Waals surface area contributed by atoms with Crippen LogP contribution in [0.5, 0.6) is 0 Å². The molecule has 0 heterocycles. The molecule has 1 aromatic carbocycles. The van der Waals surface area contributed by atoms with Gasteiger partial charge in [-0.3, -0.25) is 0 Å². The van der Waals surface area contributed by atoms with Crippen LogP contribution in [0.25, 0.3) is 0 Å². The summed E-state index contributed by atoms with van der Waals surface area (Å²) in [5.41, 5.74) is 13.8. The molecule has 2 nitrogen and oxygen atoms in total. The molecule has 2 heteroatoms. The van der Waals surface area contributed by atoms with Crippen molar-refractivity contribution in [2.75, 3.05) is 11.5 Å². The van der Waals surface area contributed by atoms with Crippen molar-refractivity contribution >= 4 is 11.4 Å². The van der Waals surface area contributed by atoms with Crippen LogP contribution < -0.4 is 11.5 Å². The van der Waals surface area contributed by atoms with E-state index in [9.17, 15) is 0 Å². The summed E-state index contributed by atoms with van der Waals surface area (Å²) in [4.78, 5) is 0. The Balaban J connectivity index is 3.06. The molecule has 54 valence electrons. The van der Waals surface area contributed by atoms with Gasteiger partial charge in [0.25, 0.3) is 0 Å². The summed E-state index contributed by atoms with van der Waals surface area (Å²) in [6.07, 6.45) is 0.981. The zero-order valence-electron chi connectivity index (χ0n) is 6.09. The first-order chi connectivity index (χ1) is 4.72. The average Bonchev–Trinajstić information content (AvgIpc) is 1.85. The molecule has 0 bridgehead atoms. The first-order valence-electron chi connectivity index (χ1n) is 3.37. The Morgan fingerprint density at radius 3 is 2.00 bits per heavy atom. The largest absolute Gasteiger partial charge is 0.399 e. The van der Waals surface area contributed by atoms with Crippen LogP contribution in [0.3, 0.4) is 0 Å². The number of nitrogens with two attached hydrogens (primary N) is 2. The summed E-state index contributed by atoms with van der Waals surface area (Å²) in [7, 11) is 0. The monoisotopic (exact) mass is 136 g/mol. The molecule has 0 spiro atoms. The van der Waals surface area contributed by atoms with E-state index in [0.29, 0.717) is 0 Å². The summed E-state index contributed by atoms with van der Waals surface area (Å²) >= 11 is 0. The van der Waals surface area contributed by atoms with E-state index in [1.807, 2.05) is 12.1 Å². The Bertz CT molecular complexity index is 210. The summed E-state index contributed by atoms with van der Waals surface area (Å²) < 4.78 is 0. The van der Waals surface area contributed by atoms with Crippen LogP contribution in [0.15, 0.2) is 18.2 Å². The molecular weight excluding hydrogens is 124 g/mol. The molecule has 0 aromatic heterocycles. The molecule has 0 atom stereocenters. The van der Waals surface area contributed by atoms with Gasteiger partial charge < -0.3 is 11.5 Å².